The molecule has 2 aromatic rings. The Balaban J connectivity index is 1.93. The van der Waals surface area contributed by atoms with Crippen LogP contribution < -0.4 is 5.32 Å². The molecule has 0 radical (unpaired) electrons. The Hall–Kier alpha value is -1.67. The van der Waals surface area contributed by atoms with E-state index in [1.807, 2.05) is 12.1 Å². The summed E-state index contributed by atoms with van der Waals surface area (Å²) >= 11 is 0. The Morgan fingerprint density at radius 1 is 1.00 bits per heavy atom. The number of halogens is 1. The molecule has 1 atom stereocenters. The van der Waals surface area contributed by atoms with E-state index in [-0.39, 0.29) is 5.82 Å². The zero-order chi connectivity index (χ0) is 15.1. The lowest BCUT2D eigenvalue weighted by Crippen LogP contribution is -2.25. The standard InChI is InChI=1S/C19H24FN/c1-15(2)13-19(17-8-4-3-5-9-17)21-12-11-16-7-6-10-18(20)14-16/h3-10,14-15,19,21H,11-13H2,1-2H3. The molecule has 1 nitrogen and oxygen atoms in total. The molecule has 0 saturated carbocycles. The fourth-order valence-corrected chi connectivity index (χ4v) is 2.58. The first-order valence-electron chi connectivity index (χ1n) is 7.68. The summed E-state index contributed by atoms with van der Waals surface area (Å²) in [6, 6.07) is 17.8. The van der Waals surface area contributed by atoms with Crippen molar-refractivity contribution in [1.82, 2.24) is 5.32 Å². The number of hydrogen-bond acceptors (Lipinski definition) is 1. The van der Waals surface area contributed by atoms with Gasteiger partial charge in [-0.05, 0) is 48.6 Å². The van der Waals surface area contributed by atoms with Crippen molar-refractivity contribution in [2.75, 3.05) is 6.54 Å². The third-order valence-electron chi connectivity index (χ3n) is 3.60. The second kappa shape index (κ2) is 7.94. The molecule has 2 rings (SSSR count). The van der Waals surface area contributed by atoms with Gasteiger partial charge in [0.25, 0.3) is 0 Å². The summed E-state index contributed by atoms with van der Waals surface area (Å²) in [5, 5.41) is 3.61. The van der Waals surface area contributed by atoms with Crippen molar-refractivity contribution in [2.45, 2.75) is 32.7 Å². The molecule has 0 bridgehead atoms. The molecule has 112 valence electrons. The minimum absolute atomic E-state index is 0.158. The monoisotopic (exact) mass is 285 g/mol. The van der Waals surface area contributed by atoms with Gasteiger partial charge in [0.05, 0.1) is 0 Å². The van der Waals surface area contributed by atoms with Gasteiger partial charge in [0.1, 0.15) is 5.82 Å². The molecule has 2 heteroatoms. The van der Waals surface area contributed by atoms with Crippen molar-refractivity contribution in [1.29, 1.82) is 0 Å². The van der Waals surface area contributed by atoms with Crippen molar-refractivity contribution in [2.24, 2.45) is 5.92 Å². The third-order valence-corrected chi connectivity index (χ3v) is 3.60. The summed E-state index contributed by atoms with van der Waals surface area (Å²) in [7, 11) is 0. The number of benzene rings is 2. The SMILES string of the molecule is CC(C)CC(NCCc1cccc(F)c1)c1ccccc1. The van der Waals surface area contributed by atoms with Crippen LogP contribution in [0.15, 0.2) is 54.6 Å². The van der Waals surface area contributed by atoms with Gasteiger partial charge in [0, 0.05) is 6.04 Å². The van der Waals surface area contributed by atoms with Crippen molar-refractivity contribution in [3.63, 3.8) is 0 Å². The Morgan fingerprint density at radius 3 is 2.43 bits per heavy atom. The Kier molecular flexibility index (Phi) is 5.94. The summed E-state index contributed by atoms with van der Waals surface area (Å²) in [6.45, 7) is 5.34. The van der Waals surface area contributed by atoms with Gasteiger partial charge in [0.15, 0.2) is 0 Å². The maximum absolute atomic E-state index is 13.2. The summed E-state index contributed by atoms with van der Waals surface area (Å²) in [5.74, 6) is 0.478. The molecule has 0 spiro atoms. The van der Waals surface area contributed by atoms with Gasteiger partial charge in [-0.2, -0.15) is 0 Å². The molecule has 2 aromatic carbocycles. The highest BCUT2D eigenvalue weighted by atomic mass is 19.1. The summed E-state index contributed by atoms with van der Waals surface area (Å²) in [5.41, 5.74) is 2.37. The van der Waals surface area contributed by atoms with Crippen LogP contribution in [-0.4, -0.2) is 6.54 Å². The molecule has 0 fully saturated rings. The quantitative estimate of drug-likeness (QED) is 0.774. The van der Waals surface area contributed by atoms with E-state index in [0.717, 1.165) is 24.9 Å². The first kappa shape index (κ1) is 15.7. The highest BCUT2D eigenvalue weighted by molar-refractivity contribution is 5.20. The first-order valence-corrected chi connectivity index (χ1v) is 7.68. The van der Waals surface area contributed by atoms with E-state index in [1.54, 1.807) is 12.1 Å². The van der Waals surface area contributed by atoms with E-state index < -0.39 is 0 Å². The summed E-state index contributed by atoms with van der Waals surface area (Å²) in [6.07, 6.45) is 1.95. The molecule has 0 saturated heterocycles. The molecule has 0 aliphatic carbocycles. The highest BCUT2D eigenvalue weighted by Crippen LogP contribution is 2.21. The molecule has 0 aromatic heterocycles. The minimum Gasteiger partial charge on any atom is -0.310 e. The van der Waals surface area contributed by atoms with Crippen molar-refractivity contribution in [3.8, 4) is 0 Å². The molecule has 1 unspecified atom stereocenters. The average Bonchev–Trinajstić information content (AvgIpc) is 2.47. The van der Waals surface area contributed by atoms with E-state index in [9.17, 15) is 4.39 Å². The van der Waals surface area contributed by atoms with Gasteiger partial charge in [-0.15, -0.1) is 0 Å². The predicted octanol–water partition coefficient (Wildman–Crippen LogP) is 4.75. The van der Waals surface area contributed by atoms with Crippen molar-refractivity contribution < 1.29 is 4.39 Å². The predicted molar refractivity (Wildman–Crippen MR) is 86.7 cm³/mol. The maximum Gasteiger partial charge on any atom is 0.123 e. The van der Waals surface area contributed by atoms with Gasteiger partial charge in [0.2, 0.25) is 0 Å². The number of hydrogen-bond donors (Lipinski definition) is 1. The lowest BCUT2D eigenvalue weighted by Gasteiger charge is -2.21. The van der Waals surface area contributed by atoms with Gasteiger partial charge in [-0.3, -0.25) is 0 Å². The van der Waals surface area contributed by atoms with Crippen molar-refractivity contribution in [3.05, 3.63) is 71.5 Å². The van der Waals surface area contributed by atoms with Crippen LogP contribution in [0.5, 0.6) is 0 Å². The van der Waals surface area contributed by atoms with Gasteiger partial charge in [-0.25, -0.2) is 4.39 Å². The second-order valence-corrected chi connectivity index (χ2v) is 5.93. The van der Waals surface area contributed by atoms with Crippen LogP contribution >= 0.6 is 0 Å². The van der Waals surface area contributed by atoms with Gasteiger partial charge >= 0.3 is 0 Å². The van der Waals surface area contributed by atoms with Crippen LogP contribution in [0.3, 0.4) is 0 Å². The van der Waals surface area contributed by atoms with E-state index in [4.69, 9.17) is 0 Å². The first-order chi connectivity index (χ1) is 10.1. The zero-order valence-electron chi connectivity index (χ0n) is 12.9. The Morgan fingerprint density at radius 2 is 1.76 bits per heavy atom. The van der Waals surface area contributed by atoms with Crippen LogP contribution in [0.1, 0.15) is 37.4 Å². The second-order valence-electron chi connectivity index (χ2n) is 5.93. The summed E-state index contributed by atoms with van der Waals surface area (Å²) < 4.78 is 13.2. The Labute approximate surface area is 127 Å². The number of nitrogens with one attached hydrogen (secondary N) is 1. The third kappa shape index (κ3) is 5.31. The molecule has 0 aliphatic heterocycles. The smallest absolute Gasteiger partial charge is 0.123 e. The van der Waals surface area contributed by atoms with Gasteiger partial charge in [-0.1, -0.05) is 56.3 Å². The van der Waals surface area contributed by atoms with Crippen LogP contribution in [0.2, 0.25) is 0 Å². The van der Waals surface area contributed by atoms with E-state index >= 15 is 0 Å². The van der Waals surface area contributed by atoms with Gasteiger partial charge < -0.3 is 5.32 Å². The fourth-order valence-electron chi connectivity index (χ4n) is 2.58. The molecule has 21 heavy (non-hydrogen) atoms. The number of rotatable bonds is 7. The topological polar surface area (TPSA) is 12.0 Å². The zero-order valence-corrected chi connectivity index (χ0v) is 12.9. The molecular weight excluding hydrogens is 261 g/mol. The average molecular weight is 285 g/mol. The van der Waals surface area contributed by atoms with E-state index in [0.29, 0.717) is 12.0 Å². The maximum atomic E-state index is 13.2. The largest absolute Gasteiger partial charge is 0.310 e. The molecule has 0 heterocycles. The van der Waals surface area contributed by atoms with Crippen LogP contribution in [0.25, 0.3) is 0 Å². The fraction of sp³-hybridized carbons (Fsp3) is 0.368. The lowest BCUT2D eigenvalue weighted by molar-refractivity contribution is 0.432. The lowest BCUT2D eigenvalue weighted by atomic mass is 9.97. The molecule has 0 amide bonds. The molecule has 1 N–H and O–H groups in total. The normalized spacial score (nSPS) is 12.6. The Bertz CT molecular complexity index is 536. The molecule has 0 aliphatic rings. The highest BCUT2D eigenvalue weighted by Gasteiger charge is 2.12. The van der Waals surface area contributed by atoms with Crippen molar-refractivity contribution >= 4 is 0 Å². The summed E-state index contributed by atoms with van der Waals surface area (Å²) in [4.78, 5) is 0. The van der Waals surface area contributed by atoms with Crippen LogP contribution in [0, 0.1) is 11.7 Å². The van der Waals surface area contributed by atoms with Crippen LogP contribution in [-0.2, 0) is 6.42 Å². The van der Waals surface area contributed by atoms with E-state index in [2.05, 4.69) is 43.4 Å². The van der Waals surface area contributed by atoms with E-state index in [1.165, 1.54) is 11.6 Å². The minimum atomic E-state index is -0.158. The molecular formula is C19H24FN. The van der Waals surface area contributed by atoms with Crippen LogP contribution in [0.4, 0.5) is 4.39 Å².